The molecule has 12 rings (SSSR count). The van der Waals surface area contributed by atoms with E-state index in [4.69, 9.17) is 5.10 Å². The lowest BCUT2D eigenvalue weighted by Crippen LogP contribution is -2.38. The number of hydrogen-bond donors (Lipinski definition) is 0. The van der Waals surface area contributed by atoms with Crippen LogP contribution in [0.5, 0.6) is 0 Å². The lowest BCUT2D eigenvalue weighted by atomic mass is 9.92. The fourth-order valence-corrected chi connectivity index (χ4v) is 11.6. The van der Waals surface area contributed by atoms with E-state index in [0.717, 1.165) is 28.8 Å². The Morgan fingerprint density at radius 3 is 1.45 bits per heavy atom. The highest BCUT2D eigenvalue weighted by Gasteiger charge is 2.36. The van der Waals surface area contributed by atoms with E-state index in [2.05, 4.69) is 288 Å². The maximum atomic E-state index is 4.77. The molecule has 12 nitrogen and oxygen atoms in total. The van der Waals surface area contributed by atoms with E-state index in [1.807, 2.05) is 77.6 Å². The van der Waals surface area contributed by atoms with Crippen molar-refractivity contribution >= 4 is 22.9 Å². The number of aromatic nitrogens is 10. The summed E-state index contributed by atoms with van der Waals surface area (Å²) < 4.78 is 10.4. The van der Waals surface area contributed by atoms with Crippen LogP contribution in [0.1, 0.15) is 130 Å². The van der Waals surface area contributed by atoms with Gasteiger partial charge in [-0.2, -0.15) is 9.25 Å². The molecule has 4 aromatic heterocycles. The van der Waals surface area contributed by atoms with Crippen molar-refractivity contribution in [2.45, 2.75) is 120 Å². The van der Waals surface area contributed by atoms with Crippen molar-refractivity contribution in [1.29, 1.82) is 0 Å². The quantitative estimate of drug-likeness (QED) is 0.120. The standard InChI is InChI=1S/2C22H28N3.C20H19N3.C10H12N3/c1-15(2)18-12-9-13-19(16(3)4)21(18)25-14-23-24(6)22(25)20-11-8-7-10-17(20)5;1-15(2)18-12-9-13-19(16(3)4)21(18)25-22(24(6)14-23-25)20-11-8-7-10-17(20)5;1-15-9-6-7-12-18(15)23-16(2)22(17-10-4-3-5-11-17)19-13-8-14-21-20(19)23;1-9-5-3-4-6-10(9)13-11-7-8-12(13)2/h2*7-16H,1-6H3;3-14,16H,1-2H3;3-8H,1-2H3/q2*+1;;+1. The second-order valence-corrected chi connectivity index (χ2v) is 23.6. The average molecular weight is 1140 g/mol. The Morgan fingerprint density at radius 2 is 0.930 bits per heavy atom. The van der Waals surface area contributed by atoms with Crippen molar-refractivity contribution in [3.05, 3.63) is 252 Å². The first-order valence-electron chi connectivity index (χ1n) is 30.2. The smallest absolute Gasteiger partial charge is 0.273 e. The molecular formula is C74H87N12+3. The summed E-state index contributed by atoms with van der Waals surface area (Å²) >= 11 is 0. The predicted octanol–water partition coefficient (Wildman–Crippen LogP) is 15.9. The van der Waals surface area contributed by atoms with E-state index in [1.165, 1.54) is 78.4 Å². The molecule has 0 fully saturated rings. The van der Waals surface area contributed by atoms with Gasteiger partial charge in [0.25, 0.3) is 24.3 Å². The van der Waals surface area contributed by atoms with E-state index >= 15 is 0 Å². The third kappa shape index (κ3) is 12.9. The molecule has 7 aromatic carbocycles. The fourth-order valence-electron chi connectivity index (χ4n) is 11.6. The molecule has 1 aliphatic rings. The molecule has 86 heavy (non-hydrogen) atoms. The zero-order valence-corrected chi connectivity index (χ0v) is 53.4. The number of nitrogens with zero attached hydrogens (tertiary/aromatic N) is 12. The highest BCUT2D eigenvalue weighted by Crippen LogP contribution is 2.47. The number of hydrogen-bond acceptors (Lipinski definition) is 6. The minimum Gasteiger partial charge on any atom is -0.317 e. The van der Waals surface area contributed by atoms with E-state index in [1.54, 1.807) is 6.20 Å². The van der Waals surface area contributed by atoms with Crippen molar-refractivity contribution < 1.29 is 13.8 Å². The highest BCUT2D eigenvalue weighted by atomic mass is 15.5. The van der Waals surface area contributed by atoms with Crippen molar-refractivity contribution in [1.82, 2.24) is 34.4 Å². The number of anilines is 4. The Balaban J connectivity index is 0.000000140. The van der Waals surface area contributed by atoms with Gasteiger partial charge in [0.05, 0.1) is 30.9 Å². The topological polar surface area (TPSA) is 84.5 Å². The third-order valence-electron chi connectivity index (χ3n) is 16.2. The van der Waals surface area contributed by atoms with Crippen LogP contribution in [0.25, 0.3) is 39.8 Å². The molecule has 440 valence electrons. The van der Waals surface area contributed by atoms with Gasteiger partial charge in [-0.1, -0.05) is 187 Å². The van der Waals surface area contributed by atoms with Gasteiger partial charge in [0.2, 0.25) is 6.20 Å². The molecule has 0 amide bonds. The SMILES string of the molecule is Cc1ccccc1-c1n(-c2c(C(C)C)cccc2C(C)C)nc[n+]1C.Cc1ccccc1-c1n(C)nc[n+]1-c1c(C(C)C)cccc1C(C)C.Cc1ccccc1-n1ncc[n+]1C.Cc1ccccc1N1c2ncccc2N(c2ccccc2)C1C. The van der Waals surface area contributed by atoms with Gasteiger partial charge >= 0.3 is 0 Å². The zero-order chi connectivity index (χ0) is 61.3. The van der Waals surface area contributed by atoms with Crippen LogP contribution in [-0.2, 0) is 21.1 Å². The van der Waals surface area contributed by atoms with Crippen LogP contribution in [0, 0.1) is 27.7 Å². The molecule has 0 saturated carbocycles. The van der Waals surface area contributed by atoms with Gasteiger partial charge < -0.3 is 9.80 Å². The fraction of sp³-hybridized carbons (Fsp3) is 0.284. The lowest BCUT2D eigenvalue weighted by molar-refractivity contribution is -0.748. The number of aryl methyl sites for hydroxylation is 7. The van der Waals surface area contributed by atoms with Crippen molar-refractivity contribution in [3.63, 3.8) is 0 Å². The number of rotatable bonds is 11. The summed E-state index contributed by atoms with van der Waals surface area (Å²) in [5.41, 5.74) is 20.0. The van der Waals surface area contributed by atoms with Gasteiger partial charge in [0.15, 0.2) is 12.0 Å². The van der Waals surface area contributed by atoms with Crippen LogP contribution in [0.4, 0.5) is 22.9 Å². The van der Waals surface area contributed by atoms with Crippen LogP contribution in [0.2, 0.25) is 0 Å². The summed E-state index contributed by atoms with van der Waals surface area (Å²) in [6.45, 7) is 28.8. The largest absolute Gasteiger partial charge is 0.317 e. The second-order valence-electron chi connectivity index (χ2n) is 23.6. The molecule has 0 spiro atoms. The maximum Gasteiger partial charge on any atom is 0.273 e. The Bertz CT molecular complexity index is 3850. The van der Waals surface area contributed by atoms with Crippen LogP contribution >= 0.6 is 0 Å². The van der Waals surface area contributed by atoms with Crippen LogP contribution in [-0.4, -0.2) is 40.6 Å². The summed E-state index contributed by atoms with van der Waals surface area (Å²) in [7, 11) is 6.06. The zero-order valence-electron chi connectivity index (χ0n) is 53.4. The predicted molar refractivity (Wildman–Crippen MR) is 351 cm³/mol. The van der Waals surface area contributed by atoms with Crippen LogP contribution in [0.3, 0.4) is 0 Å². The normalized spacial score (nSPS) is 12.7. The van der Waals surface area contributed by atoms with Gasteiger partial charge in [-0.15, -0.1) is 4.68 Å². The Hall–Kier alpha value is -9.29. The minimum absolute atomic E-state index is 0.170. The second kappa shape index (κ2) is 27.2. The van der Waals surface area contributed by atoms with Gasteiger partial charge in [-0.3, -0.25) is 0 Å². The first-order chi connectivity index (χ1) is 41.4. The summed E-state index contributed by atoms with van der Waals surface area (Å²) in [4.78, 5) is 11.2. The summed E-state index contributed by atoms with van der Waals surface area (Å²) in [5.74, 6) is 5.03. The molecule has 1 unspecified atom stereocenters. The molecule has 5 heterocycles. The monoisotopic (exact) mass is 1140 g/mol. The third-order valence-corrected chi connectivity index (χ3v) is 16.2. The molecule has 0 aliphatic carbocycles. The van der Waals surface area contributed by atoms with Gasteiger partial charge in [0, 0.05) is 32.9 Å². The summed E-state index contributed by atoms with van der Waals surface area (Å²) in [5, 5.41) is 13.6. The van der Waals surface area contributed by atoms with E-state index in [0.29, 0.717) is 23.7 Å². The van der Waals surface area contributed by atoms with Crippen molar-refractivity contribution in [2.24, 2.45) is 21.1 Å². The highest BCUT2D eigenvalue weighted by molar-refractivity contribution is 5.86. The molecule has 12 heteroatoms. The van der Waals surface area contributed by atoms with E-state index in [9.17, 15) is 0 Å². The van der Waals surface area contributed by atoms with Crippen LogP contribution in [0.15, 0.2) is 207 Å². The van der Waals surface area contributed by atoms with Gasteiger partial charge in [0.1, 0.15) is 30.3 Å². The molecule has 0 radical (unpaired) electrons. The Morgan fingerprint density at radius 1 is 0.442 bits per heavy atom. The summed E-state index contributed by atoms with van der Waals surface area (Å²) in [6, 6.07) is 61.6. The van der Waals surface area contributed by atoms with E-state index in [-0.39, 0.29) is 6.17 Å². The van der Waals surface area contributed by atoms with E-state index < -0.39 is 0 Å². The first-order valence-corrected chi connectivity index (χ1v) is 30.2. The van der Waals surface area contributed by atoms with Gasteiger partial charge in [-0.05, 0) is 156 Å². The number of pyridine rings is 1. The molecule has 0 saturated heterocycles. The molecule has 1 aliphatic heterocycles. The Kier molecular flexibility index (Phi) is 19.4. The van der Waals surface area contributed by atoms with Crippen molar-refractivity contribution in [2.75, 3.05) is 9.80 Å². The van der Waals surface area contributed by atoms with Crippen molar-refractivity contribution in [3.8, 4) is 39.8 Å². The van der Waals surface area contributed by atoms with Crippen LogP contribution < -0.4 is 23.6 Å². The number of fused-ring (bicyclic) bond motifs is 1. The lowest BCUT2D eigenvalue weighted by Gasteiger charge is -2.30. The molecule has 0 bridgehead atoms. The average Bonchev–Trinajstić information content (AvgIpc) is 1.80. The molecule has 11 aromatic rings. The number of benzene rings is 7. The Labute approximate surface area is 510 Å². The summed E-state index contributed by atoms with van der Waals surface area (Å²) in [6.07, 6.45) is 9.60. The number of para-hydroxylation sites is 5. The molecular weight excluding hydrogens is 1060 g/mol. The minimum atomic E-state index is 0.170. The maximum absolute atomic E-state index is 4.77. The molecule has 0 N–H and O–H groups in total. The van der Waals surface area contributed by atoms with Gasteiger partial charge in [-0.25, -0.2) is 9.55 Å². The molecule has 1 atom stereocenters. The first kappa shape index (κ1) is 61.3.